The average Bonchev–Trinajstić information content (AvgIpc) is 3.19. The number of carbonyl (C=O) groups excluding carboxylic acids is 1. The van der Waals surface area contributed by atoms with Gasteiger partial charge in [0.05, 0.1) is 12.1 Å². The summed E-state index contributed by atoms with van der Waals surface area (Å²) >= 11 is 6.00. The first-order valence-electron chi connectivity index (χ1n) is 9.95. The summed E-state index contributed by atoms with van der Waals surface area (Å²) in [5.41, 5.74) is 8.69. The number of hydrogen-bond acceptors (Lipinski definition) is 5. The van der Waals surface area contributed by atoms with Crippen molar-refractivity contribution in [2.24, 2.45) is 5.73 Å². The molecule has 0 bridgehead atoms. The molecule has 2 aromatic heterocycles. The normalized spacial score (nSPS) is 11.5. The molecule has 1 amide bonds. The van der Waals surface area contributed by atoms with Crippen LogP contribution in [0.15, 0.2) is 60.8 Å². The zero-order valence-corrected chi connectivity index (χ0v) is 18.4. The summed E-state index contributed by atoms with van der Waals surface area (Å²) in [5.74, 6) is -2.60. The number of anilines is 1. The molecule has 2 aromatic carbocycles. The van der Waals surface area contributed by atoms with E-state index in [4.69, 9.17) is 27.8 Å². The SMILES string of the molecule is NC(=O)c1c(-c2ccc(Oc3ccnc(N)c3Cl)c(F)c2)nn(Cc2ccccc2)c1C(F)(F)F. The lowest BCUT2D eigenvalue weighted by molar-refractivity contribution is -0.144. The molecule has 2 heterocycles. The predicted octanol–water partition coefficient (Wildman–Crippen LogP) is 5.28. The van der Waals surface area contributed by atoms with Crippen LogP contribution in [0.1, 0.15) is 21.6 Å². The summed E-state index contributed by atoms with van der Waals surface area (Å²) in [4.78, 5) is 15.9. The van der Waals surface area contributed by atoms with Crippen molar-refractivity contribution in [3.63, 3.8) is 0 Å². The Bertz CT molecular complexity index is 1410. The highest BCUT2D eigenvalue weighted by Gasteiger charge is 2.42. The third-order valence-corrected chi connectivity index (χ3v) is 5.33. The van der Waals surface area contributed by atoms with Crippen molar-refractivity contribution >= 4 is 23.3 Å². The van der Waals surface area contributed by atoms with E-state index in [0.29, 0.717) is 10.2 Å². The predicted molar refractivity (Wildman–Crippen MR) is 120 cm³/mol. The summed E-state index contributed by atoms with van der Waals surface area (Å²) in [7, 11) is 0. The maximum atomic E-state index is 14.9. The third-order valence-electron chi connectivity index (χ3n) is 4.95. The number of nitrogen functional groups attached to an aromatic ring is 1. The van der Waals surface area contributed by atoms with Crippen LogP contribution in [0.4, 0.5) is 23.4 Å². The molecular formula is C23H16ClF4N5O2. The monoisotopic (exact) mass is 505 g/mol. The fraction of sp³-hybridized carbons (Fsp3) is 0.0870. The van der Waals surface area contributed by atoms with Crippen molar-refractivity contribution in [1.82, 2.24) is 14.8 Å². The second-order valence-electron chi connectivity index (χ2n) is 7.33. The Morgan fingerprint density at radius 3 is 2.43 bits per heavy atom. The summed E-state index contributed by atoms with van der Waals surface area (Å²) in [5, 5.41) is 3.95. The second-order valence-corrected chi connectivity index (χ2v) is 7.71. The molecule has 0 unspecified atom stereocenters. The highest BCUT2D eigenvalue weighted by molar-refractivity contribution is 6.34. The number of rotatable bonds is 6. The van der Waals surface area contributed by atoms with Crippen LogP contribution in [-0.2, 0) is 12.7 Å². The first kappa shape index (κ1) is 24.0. The van der Waals surface area contributed by atoms with Gasteiger partial charge in [0.1, 0.15) is 16.5 Å². The van der Waals surface area contributed by atoms with Crippen LogP contribution in [0, 0.1) is 5.82 Å². The van der Waals surface area contributed by atoms with Gasteiger partial charge in [0.15, 0.2) is 23.0 Å². The number of alkyl halides is 3. The number of amides is 1. The van der Waals surface area contributed by atoms with Crippen molar-refractivity contribution < 1.29 is 27.1 Å². The van der Waals surface area contributed by atoms with Crippen LogP contribution in [-0.4, -0.2) is 20.7 Å². The van der Waals surface area contributed by atoms with E-state index < -0.39 is 34.9 Å². The molecule has 4 rings (SSSR count). The van der Waals surface area contributed by atoms with Gasteiger partial charge in [0.25, 0.3) is 5.91 Å². The number of carbonyl (C=O) groups is 1. The van der Waals surface area contributed by atoms with Crippen molar-refractivity contribution in [3.05, 3.63) is 88.5 Å². The van der Waals surface area contributed by atoms with Gasteiger partial charge in [0.2, 0.25) is 0 Å². The van der Waals surface area contributed by atoms with E-state index in [-0.39, 0.29) is 34.4 Å². The molecule has 0 spiro atoms. The zero-order valence-electron chi connectivity index (χ0n) is 17.7. The van der Waals surface area contributed by atoms with Crippen molar-refractivity contribution in [2.45, 2.75) is 12.7 Å². The Morgan fingerprint density at radius 2 is 1.80 bits per heavy atom. The highest BCUT2D eigenvalue weighted by Crippen LogP contribution is 2.39. The Kier molecular flexibility index (Phi) is 6.35. The van der Waals surface area contributed by atoms with E-state index in [1.807, 2.05) is 0 Å². The smallest absolute Gasteiger partial charge is 0.433 e. The fourth-order valence-corrected chi connectivity index (χ4v) is 3.58. The third kappa shape index (κ3) is 4.90. The van der Waals surface area contributed by atoms with Crippen LogP contribution < -0.4 is 16.2 Å². The molecule has 4 aromatic rings. The Morgan fingerprint density at radius 1 is 1.09 bits per heavy atom. The van der Waals surface area contributed by atoms with Gasteiger partial charge in [-0.05, 0) is 23.8 Å². The van der Waals surface area contributed by atoms with E-state index >= 15 is 0 Å². The maximum Gasteiger partial charge on any atom is 0.433 e. The molecule has 0 saturated heterocycles. The number of aromatic nitrogens is 3. The first-order valence-corrected chi connectivity index (χ1v) is 10.3. The highest BCUT2D eigenvalue weighted by atomic mass is 35.5. The molecule has 0 aliphatic rings. The lowest BCUT2D eigenvalue weighted by Crippen LogP contribution is -2.22. The number of hydrogen-bond donors (Lipinski definition) is 2. The van der Waals surface area contributed by atoms with Gasteiger partial charge in [-0.2, -0.15) is 18.3 Å². The molecule has 0 aliphatic heterocycles. The molecule has 7 nitrogen and oxygen atoms in total. The topological polar surface area (TPSA) is 109 Å². The maximum absolute atomic E-state index is 14.9. The largest absolute Gasteiger partial charge is 0.453 e. The molecule has 0 saturated carbocycles. The second kappa shape index (κ2) is 9.26. The number of halogens is 5. The van der Waals surface area contributed by atoms with E-state index in [1.54, 1.807) is 30.3 Å². The zero-order chi connectivity index (χ0) is 25.3. The average molecular weight is 506 g/mol. The van der Waals surface area contributed by atoms with E-state index in [1.165, 1.54) is 18.3 Å². The van der Waals surface area contributed by atoms with E-state index in [2.05, 4.69) is 10.1 Å². The van der Waals surface area contributed by atoms with Crippen LogP contribution in [0.3, 0.4) is 0 Å². The lowest BCUT2D eigenvalue weighted by Gasteiger charge is -2.11. The van der Waals surface area contributed by atoms with Gasteiger partial charge >= 0.3 is 6.18 Å². The van der Waals surface area contributed by atoms with Crippen LogP contribution in [0.2, 0.25) is 5.02 Å². The number of nitrogens with zero attached hydrogens (tertiary/aromatic N) is 3. The van der Waals surface area contributed by atoms with Gasteiger partial charge in [-0.3, -0.25) is 9.48 Å². The minimum absolute atomic E-state index is 0.0233. The van der Waals surface area contributed by atoms with Crippen LogP contribution in [0.5, 0.6) is 11.5 Å². The Hall–Kier alpha value is -4.12. The standard InChI is InChI=1S/C23H16ClF4N5O2/c24-18-16(8-9-31-21(18)29)35-15-7-6-13(10-14(15)25)19-17(22(30)34)20(23(26,27)28)33(32-19)11-12-4-2-1-3-5-12/h1-10H,11H2,(H2,29,31)(H2,30,34). The van der Waals surface area contributed by atoms with E-state index in [0.717, 1.165) is 12.1 Å². The first-order chi connectivity index (χ1) is 16.6. The quantitative estimate of drug-likeness (QED) is 0.347. The van der Waals surface area contributed by atoms with Crippen molar-refractivity contribution in [3.8, 4) is 22.8 Å². The molecule has 0 aliphatic carbocycles. The summed E-state index contributed by atoms with van der Waals surface area (Å²) in [6.45, 7) is -0.290. The van der Waals surface area contributed by atoms with Crippen LogP contribution >= 0.6 is 11.6 Å². The number of ether oxygens (including phenoxy) is 1. The van der Waals surface area contributed by atoms with Gasteiger partial charge < -0.3 is 16.2 Å². The van der Waals surface area contributed by atoms with Gasteiger partial charge in [-0.1, -0.05) is 41.9 Å². The fourth-order valence-electron chi connectivity index (χ4n) is 3.43. The van der Waals surface area contributed by atoms with Gasteiger partial charge in [-0.25, -0.2) is 9.37 Å². The van der Waals surface area contributed by atoms with E-state index in [9.17, 15) is 22.4 Å². The van der Waals surface area contributed by atoms with Gasteiger partial charge in [-0.15, -0.1) is 0 Å². The molecule has 12 heteroatoms. The number of primary amides is 1. The van der Waals surface area contributed by atoms with Crippen LogP contribution in [0.25, 0.3) is 11.3 Å². The molecule has 0 radical (unpaired) electrons. The molecular weight excluding hydrogens is 490 g/mol. The molecule has 4 N–H and O–H groups in total. The van der Waals surface area contributed by atoms with Gasteiger partial charge in [0, 0.05) is 17.8 Å². The Balaban J connectivity index is 1.79. The molecule has 0 atom stereocenters. The molecule has 180 valence electrons. The van der Waals surface area contributed by atoms with Crippen molar-refractivity contribution in [2.75, 3.05) is 5.73 Å². The minimum Gasteiger partial charge on any atom is -0.453 e. The Labute approximate surface area is 200 Å². The number of benzene rings is 2. The van der Waals surface area contributed by atoms with Crippen molar-refractivity contribution in [1.29, 1.82) is 0 Å². The lowest BCUT2D eigenvalue weighted by atomic mass is 10.0. The summed E-state index contributed by atoms with van der Waals surface area (Å²) in [6.07, 6.45) is -3.65. The molecule has 35 heavy (non-hydrogen) atoms. The number of pyridine rings is 1. The summed E-state index contributed by atoms with van der Waals surface area (Å²) < 4.78 is 62.8. The minimum atomic E-state index is -4.95. The summed E-state index contributed by atoms with van der Waals surface area (Å²) in [6, 6.07) is 12.9. The number of nitrogens with two attached hydrogens (primary N) is 2. The molecule has 0 fully saturated rings.